The zero-order valence-corrected chi connectivity index (χ0v) is 19.7. The molecule has 2 heterocycles. The number of aromatic nitrogens is 2. The van der Waals surface area contributed by atoms with Crippen LogP contribution in [-0.2, 0) is 17.9 Å². The molecular formula is C25H22N2O6S. The Labute approximate surface area is 199 Å². The topological polar surface area (TPSA) is 96.7 Å². The fraction of sp³-hybridized carbons (Fsp3) is 0.200. The number of hydrogen-bond acceptors (Lipinski definition) is 8. The molecular weight excluding hydrogens is 456 g/mol. The Morgan fingerprint density at radius 2 is 1.82 bits per heavy atom. The van der Waals surface area contributed by atoms with Crippen molar-refractivity contribution in [3.05, 3.63) is 86.8 Å². The summed E-state index contributed by atoms with van der Waals surface area (Å²) >= 11 is 1.10. The number of Topliss-reactive ketones (excluding diaryl/α,β-unsaturated/α-hetero) is 1. The number of ketones is 1. The summed E-state index contributed by atoms with van der Waals surface area (Å²) in [6, 6.07) is 14.2. The van der Waals surface area contributed by atoms with Gasteiger partial charge in [-0.1, -0.05) is 30.3 Å². The first-order chi connectivity index (χ1) is 16.4. The lowest BCUT2D eigenvalue weighted by Gasteiger charge is -2.10. The van der Waals surface area contributed by atoms with Crippen LogP contribution < -0.4 is 15.0 Å². The molecule has 2 aromatic carbocycles. The summed E-state index contributed by atoms with van der Waals surface area (Å²) in [6.07, 6.45) is 1.31. The van der Waals surface area contributed by atoms with E-state index >= 15 is 0 Å². The van der Waals surface area contributed by atoms with E-state index in [1.807, 2.05) is 30.3 Å². The van der Waals surface area contributed by atoms with Crippen LogP contribution in [0, 0.1) is 6.92 Å². The van der Waals surface area contributed by atoms with Gasteiger partial charge in [0.05, 0.1) is 38.0 Å². The molecule has 4 aromatic rings. The molecule has 0 saturated carbocycles. The number of carbonyl (C=O) groups is 2. The van der Waals surface area contributed by atoms with E-state index < -0.39 is 11.5 Å². The molecule has 0 aliphatic heterocycles. The fourth-order valence-corrected chi connectivity index (χ4v) is 4.56. The lowest BCUT2D eigenvalue weighted by atomic mass is 10.1. The molecule has 0 spiro atoms. The van der Waals surface area contributed by atoms with Crippen LogP contribution in [0.4, 0.5) is 0 Å². The average molecular weight is 479 g/mol. The van der Waals surface area contributed by atoms with E-state index in [1.165, 1.54) is 25.1 Å². The minimum absolute atomic E-state index is 0.128. The van der Waals surface area contributed by atoms with Crippen molar-refractivity contribution in [1.82, 2.24) is 9.55 Å². The monoisotopic (exact) mass is 478 g/mol. The maximum Gasteiger partial charge on any atom is 0.349 e. The normalized spacial score (nSPS) is 10.8. The van der Waals surface area contributed by atoms with Crippen LogP contribution in [0.1, 0.15) is 31.2 Å². The first-order valence-electron chi connectivity index (χ1n) is 10.4. The molecule has 2 aromatic heterocycles. The number of aryl methyl sites for hydroxylation is 1. The molecule has 0 fully saturated rings. The van der Waals surface area contributed by atoms with Gasteiger partial charge in [-0.3, -0.25) is 14.2 Å². The molecule has 0 N–H and O–H groups in total. The molecule has 0 saturated heterocycles. The first kappa shape index (κ1) is 23.2. The van der Waals surface area contributed by atoms with Gasteiger partial charge in [-0.15, -0.1) is 11.3 Å². The highest BCUT2D eigenvalue weighted by atomic mass is 32.1. The molecule has 0 aliphatic rings. The van der Waals surface area contributed by atoms with E-state index in [0.29, 0.717) is 37.7 Å². The summed E-state index contributed by atoms with van der Waals surface area (Å²) in [5.41, 5.74) is 1.27. The van der Waals surface area contributed by atoms with Crippen LogP contribution in [0.5, 0.6) is 11.5 Å². The number of thiophene rings is 1. The molecule has 4 rings (SSSR count). The number of hydrogen-bond donors (Lipinski definition) is 0. The van der Waals surface area contributed by atoms with E-state index in [2.05, 4.69) is 4.98 Å². The van der Waals surface area contributed by atoms with Crippen molar-refractivity contribution in [2.24, 2.45) is 0 Å². The van der Waals surface area contributed by atoms with Crippen molar-refractivity contribution < 1.29 is 23.8 Å². The number of methoxy groups -OCH3 is 2. The number of ether oxygens (including phenoxy) is 3. The second-order valence-electron chi connectivity index (χ2n) is 7.47. The lowest BCUT2D eigenvalue weighted by molar-refractivity contribution is 0.0477. The third kappa shape index (κ3) is 4.55. The van der Waals surface area contributed by atoms with Gasteiger partial charge in [0.15, 0.2) is 5.78 Å². The van der Waals surface area contributed by atoms with Crippen LogP contribution in [-0.4, -0.2) is 35.5 Å². The predicted molar refractivity (Wildman–Crippen MR) is 128 cm³/mol. The largest absolute Gasteiger partial charge is 0.497 e. The summed E-state index contributed by atoms with van der Waals surface area (Å²) in [5, 5.41) is 0.300. The number of nitrogens with zero attached hydrogens (tertiary/aromatic N) is 2. The SMILES string of the molecule is COc1ccc(C(=O)Cn2cnc3sc(C(=O)OCc4ccccc4)c(C)c3c2=O)c(OC)c1. The molecule has 0 atom stereocenters. The van der Waals surface area contributed by atoms with Crippen molar-refractivity contribution in [3.8, 4) is 11.5 Å². The third-order valence-electron chi connectivity index (χ3n) is 5.34. The molecule has 174 valence electrons. The highest BCUT2D eigenvalue weighted by molar-refractivity contribution is 7.20. The van der Waals surface area contributed by atoms with Crippen LogP contribution in [0.25, 0.3) is 10.2 Å². The Bertz CT molecular complexity index is 1420. The fourth-order valence-electron chi connectivity index (χ4n) is 3.52. The van der Waals surface area contributed by atoms with Crippen molar-refractivity contribution >= 4 is 33.3 Å². The Morgan fingerprint density at radius 1 is 1.06 bits per heavy atom. The van der Waals surface area contributed by atoms with E-state index in [1.54, 1.807) is 25.1 Å². The number of carbonyl (C=O) groups excluding carboxylic acids is 2. The Balaban J connectivity index is 1.59. The molecule has 8 nitrogen and oxygen atoms in total. The van der Waals surface area contributed by atoms with Crippen LogP contribution in [0.3, 0.4) is 0 Å². The lowest BCUT2D eigenvalue weighted by Crippen LogP contribution is -2.25. The minimum Gasteiger partial charge on any atom is -0.497 e. The quantitative estimate of drug-likeness (QED) is 0.279. The number of esters is 1. The molecule has 0 amide bonds. The first-order valence-corrected chi connectivity index (χ1v) is 11.2. The highest BCUT2D eigenvalue weighted by Gasteiger charge is 2.22. The van der Waals surface area contributed by atoms with Gasteiger partial charge in [0.25, 0.3) is 5.56 Å². The van der Waals surface area contributed by atoms with Crippen LogP contribution in [0.2, 0.25) is 0 Å². The summed E-state index contributed by atoms with van der Waals surface area (Å²) < 4.78 is 17.1. The van der Waals surface area contributed by atoms with E-state index in [0.717, 1.165) is 16.9 Å². The van der Waals surface area contributed by atoms with E-state index in [9.17, 15) is 14.4 Å². The molecule has 9 heteroatoms. The van der Waals surface area contributed by atoms with Crippen molar-refractivity contribution in [2.45, 2.75) is 20.1 Å². The van der Waals surface area contributed by atoms with Gasteiger partial charge in [0, 0.05) is 6.07 Å². The summed E-state index contributed by atoms with van der Waals surface area (Å²) in [5.74, 6) is 0.0586. The van der Waals surface area contributed by atoms with Gasteiger partial charge in [-0.05, 0) is 30.2 Å². The van der Waals surface area contributed by atoms with Crippen molar-refractivity contribution in [2.75, 3.05) is 14.2 Å². The third-order valence-corrected chi connectivity index (χ3v) is 6.52. The van der Waals surface area contributed by atoms with Crippen LogP contribution >= 0.6 is 11.3 Å². The maximum absolute atomic E-state index is 13.2. The van der Waals surface area contributed by atoms with Crippen LogP contribution in [0.15, 0.2) is 59.7 Å². The van der Waals surface area contributed by atoms with Gasteiger partial charge in [0.1, 0.15) is 27.8 Å². The molecule has 0 radical (unpaired) electrons. The second kappa shape index (κ2) is 9.88. The van der Waals surface area contributed by atoms with Crippen molar-refractivity contribution in [3.63, 3.8) is 0 Å². The molecule has 34 heavy (non-hydrogen) atoms. The summed E-state index contributed by atoms with van der Waals surface area (Å²) in [6.45, 7) is 1.58. The maximum atomic E-state index is 13.2. The van der Waals surface area contributed by atoms with Crippen molar-refractivity contribution in [1.29, 1.82) is 0 Å². The summed E-state index contributed by atoms with van der Waals surface area (Å²) in [4.78, 5) is 43.8. The van der Waals surface area contributed by atoms with E-state index in [4.69, 9.17) is 14.2 Å². The zero-order valence-electron chi connectivity index (χ0n) is 18.9. The van der Waals surface area contributed by atoms with E-state index in [-0.39, 0.29) is 18.9 Å². The van der Waals surface area contributed by atoms with Gasteiger partial charge in [-0.2, -0.15) is 0 Å². The van der Waals surface area contributed by atoms with Gasteiger partial charge in [-0.25, -0.2) is 9.78 Å². The number of benzene rings is 2. The predicted octanol–water partition coefficient (Wildman–Crippen LogP) is 4.02. The Morgan fingerprint density at radius 3 is 2.53 bits per heavy atom. The Hall–Kier alpha value is -3.98. The molecule has 0 aliphatic carbocycles. The summed E-state index contributed by atoms with van der Waals surface area (Å²) in [7, 11) is 2.98. The smallest absolute Gasteiger partial charge is 0.349 e. The molecule has 0 unspecified atom stereocenters. The molecule has 0 bridgehead atoms. The Kier molecular flexibility index (Phi) is 6.74. The van der Waals surface area contributed by atoms with Gasteiger partial charge in [0.2, 0.25) is 0 Å². The van der Waals surface area contributed by atoms with Gasteiger partial charge >= 0.3 is 5.97 Å². The number of fused-ring (bicyclic) bond motifs is 1. The standard InChI is InChI=1S/C25H22N2O6S/c1-15-21-23(34-22(15)25(30)33-13-16-7-5-4-6-8-16)26-14-27(24(21)29)12-19(28)18-10-9-17(31-2)11-20(18)32-3/h4-11,14H,12-13H2,1-3H3. The minimum atomic E-state index is -0.519. The van der Waals surface area contributed by atoms with Gasteiger partial charge < -0.3 is 14.2 Å². The zero-order chi connectivity index (χ0) is 24.2. The second-order valence-corrected chi connectivity index (χ2v) is 8.46. The average Bonchev–Trinajstić information content (AvgIpc) is 3.21. The highest BCUT2D eigenvalue weighted by Crippen LogP contribution is 2.28. The number of rotatable bonds is 8.